The molecular formula is C14H23IN4S. The largest absolute Gasteiger partial charge is 0.370 e. The molecule has 4 nitrogen and oxygen atoms in total. The van der Waals surface area contributed by atoms with E-state index in [0.717, 1.165) is 31.8 Å². The number of aliphatic imine (C=N–C) groups is 1. The van der Waals surface area contributed by atoms with Crippen LogP contribution in [0.1, 0.15) is 17.4 Å². The first kappa shape index (κ1) is 17.5. The fraction of sp³-hybridized carbons (Fsp3) is 0.500. The lowest BCUT2D eigenvalue weighted by Gasteiger charge is -2.26. The molecule has 1 aliphatic heterocycles. The molecule has 0 atom stereocenters. The molecule has 0 radical (unpaired) electrons. The summed E-state index contributed by atoms with van der Waals surface area (Å²) in [6.45, 7) is 10.4. The third kappa shape index (κ3) is 5.41. The molecule has 0 saturated heterocycles. The third-order valence-corrected chi connectivity index (χ3v) is 4.16. The molecule has 1 aliphatic rings. The Morgan fingerprint density at radius 3 is 3.15 bits per heavy atom. The standard InChI is InChI=1S/C14H22N4S.HI/c1-11(2)9-17-14(15)16-5-7-18-6-3-13-12(10-18)4-8-19-13;/h4,8H,1,3,5-7,9-10H2,2H3,(H3,15,16,17);1H. The summed E-state index contributed by atoms with van der Waals surface area (Å²) in [7, 11) is 0. The summed E-state index contributed by atoms with van der Waals surface area (Å²) in [5, 5.41) is 5.34. The van der Waals surface area contributed by atoms with Crippen LogP contribution in [0.3, 0.4) is 0 Å². The summed E-state index contributed by atoms with van der Waals surface area (Å²) < 4.78 is 0. The summed E-state index contributed by atoms with van der Waals surface area (Å²) in [5.74, 6) is 0.510. The van der Waals surface area contributed by atoms with Crippen molar-refractivity contribution in [1.29, 1.82) is 0 Å². The molecule has 112 valence electrons. The molecule has 2 rings (SSSR count). The number of nitrogens with two attached hydrogens (primary N) is 1. The maximum atomic E-state index is 5.78. The normalized spacial score (nSPS) is 15.3. The maximum Gasteiger partial charge on any atom is 0.188 e. The molecule has 0 spiro atoms. The van der Waals surface area contributed by atoms with Crippen molar-refractivity contribution in [3.63, 3.8) is 0 Å². The van der Waals surface area contributed by atoms with Crippen LogP contribution in [0.5, 0.6) is 0 Å². The van der Waals surface area contributed by atoms with Crippen molar-refractivity contribution in [2.75, 3.05) is 26.2 Å². The van der Waals surface area contributed by atoms with Gasteiger partial charge in [-0.05, 0) is 30.4 Å². The second kappa shape index (κ2) is 8.63. The SMILES string of the molecule is C=C(C)CN=C(N)NCCN1CCc2sccc2C1.I. The van der Waals surface area contributed by atoms with E-state index in [2.05, 4.69) is 33.2 Å². The van der Waals surface area contributed by atoms with Crippen LogP contribution >= 0.6 is 35.3 Å². The summed E-state index contributed by atoms with van der Waals surface area (Å²) in [6.07, 6.45) is 1.17. The molecule has 0 aliphatic carbocycles. The van der Waals surface area contributed by atoms with Crippen molar-refractivity contribution in [3.8, 4) is 0 Å². The topological polar surface area (TPSA) is 53.6 Å². The number of fused-ring (bicyclic) bond motifs is 1. The number of halogens is 1. The Kier molecular flexibility index (Phi) is 7.53. The van der Waals surface area contributed by atoms with Gasteiger partial charge in [0.25, 0.3) is 0 Å². The molecule has 0 unspecified atom stereocenters. The predicted molar refractivity (Wildman–Crippen MR) is 98.0 cm³/mol. The highest BCUT2D eigenvalue weighted by Gasteiger charge is 2.16. The number of nitrogens with zero attached hydrogens (tertiary/aromatic N) is 2. The lowest BCUT2D eigenvalue weighted by Crippen LogP contribution is -2.40. The van der Waals surface area contributed by atoms with E-state index in [1.54, 1.807) is 4.88 Å². The minimum absolute atomic E-state index is 0. The van der Waals surface area contributed by atoms with Gasteiger partial charge < -0.3 is 11.1 Å². The highest BCUT2D eigenvalue weighted by atomic mass is 127. The van der Waals surface area contributed by atoms with Gasteiger partial charge >= 0.3 is 0 Å². The zero-order chi connectivity index (χ0) is 13.7. The zero-order valence-electron chi connectivity index (χ0n) is 11.9. The predicted octanol–water partition coefficient (Wildman–Crippen LogP) is 2.20. The molecule has 2 heterocycles. The van der Waals surface area contributed by atoms with Gasteiger partial charge in [-0.2, -0.15) is 0 Å². The average Bonchev–Trinajstić information content (AvgIpc) is 2.83. The quantitative estimate of drug-likeness (QED) is 0.341. The highest BCUT2D eigenvalue weighted by Crippen LogP contribution is 2.23. The minimum Gasteiger partial charge on any atom is -0.370 e. The van der Waals surface area contributed by atoms with Crippen molar-refractivity contribution in [2.45, 2.75) is 19.9 Å². The fourth-order valence-electron chi connectivity index (χ4n) is 2.12. The van der Waals surface area contributed by atoms with Crippen molar-refractivity contribution in [2.24, 2.45) is 10.7 Å². The van der Waals surface area contributed by atoms with Gasteiger partial charge in [0.2, 0.25) is 0 Å². The number of hydrogen-bond acceptors (Lipinski definition) is 3. The average molecular weight is 406 g/mol. The lowest BCUT2D eigenvalue weighted by atomic mass is 10.1. The first-order chi connectivity index (χ1) is 9.15. The summed E-state index contributed by atoms with van der Waals surface area (Å²) in [5.41, 5.74) is 8.28. The van der Waals surface area contributed by atoms with E-state index in [9.17, 15) is 0 Å². The second-order valence-corrected chi connectivity index (χ2v) is 5.98. The van der Waals surface area contributed by atoms with E-state index >= 15 is 0 Å². The molecule has 3 N–H and O–H groups in total. The van der Waals surface area contributed by atoms with E-state index in [1.807, 2.05) is 18.3 Å². The molecule has 0 saturated carbocycles. The van der Waals surface area contributed by atoms with Gasteiger partial charge in [-0.1, -0.05) is 12.2 Å². The zero-order valence-corrected chi connectivity index (χ0v) is 15.0. The number of thiophene rings is 1. The summed E-state index contributed by atoms with van der Waals surface area (Å²) in [6, 6.07) is 2.24. The van der Waals surface area contributed by atoms with E-state index in [4.69, 9.17) is 5.73 Å². The molecule has 1 aromatic rings. The fourth-order valence-corrected chi connectivity index (χ4v) is 3.01. The Morgan fingerprint density at radius 2 is 2.40 bits per heavy atom. The van der Waals surface area contributed by atoms with Gasteiger partial charge in [-0.3, -0.25) is 4.90 Å². The highest BCUT2D eigenvalue weighted by molar-refractivity contribution is 14.0. The van der Waals surface area contributed by atoms with Crippen molar-refractivity contribution < 1.29 is 0 Å². The first-order valence-electron chi connectivity index (χ1n) is 6.61. The molecule has 20 heavy (non-hydrogen) atoms. The van der Waals surface area contributed by atoms with E-state index in [-0.39, 0.29) is 24.0 Å². The van der Waals surface area contributed by atoms with Gasteiger partial charge in [0.15, 0.2) is 5.96 Å². The van der Waals surface area contributed by atoms with Gasteiger partial charge in [0, 0.05) is 31.1 Å². The van der Waals surface area contributed by atoms with Crippen molar-refractivity contribution >= 4 is 41.3 Å². The van der Waals surface area contributed by atoms with E-state index < -0.39 is 0 Å². The Balaban J connectivity index is 0.00000200. The van der Waals surface area contributed by atoms with Crippen molar-refractivity contribution in [3.05, 3.63) is 34.0 Å². The Bertz CT molecular complexity index is 469. The number of rotatable bonds is 5. The van der Waals surface area contributed by atoms with Crippen LogP contribution in [-0.2, 0) is 13.0 Å². The molecule has 6 heteroatoms. The summed E-state index contributed by atoms with van der Waals surface area (Å²) >= 11 is 1.88. The van der Waals surface area contributed by atoms with E-state index in [0.29, 0.717) is 12.5 Å². The van der Waals surface area contributed by atoms with Crippen LogP contribution in [0.4, 0.5) is 0 Å². The van der Waals surface area contributed by atoms with Gasteiger partial charge in [-0.25, -0.2) is 4.99 Å². The monoisotopic (exact) mass is 406 g/mol. The van der Waals surface area contributed by atoms with Gasteiger partial charge in [0.1, 0.15) is 0 Å². The molecule has 0 aromatic carbocycles. The molecular weight excluding hydrogens is 383 g/mol. The van der Waals surface area contributed by atoms with Crippen molar-refractivity contribution in [1.82, 2.24) is 10.2 Å². The van der Waals surface area contributed by atoms with E-state index in [1.165, 1.54) is 12.0 Å². The number of hydrogen-bond donors (Lipinski definition) is 2. The molecule has 1 aromatic heterocycles. The molecule has 0 amide bonds. The smallest absolute Gasteiger partial charge is 0.188 e. The molecule has 0 bridgehead atoms. The van der Waals surface area contributed by atoms with Crippen LogP contribution in [0.25, 0.3) is 0 Å². The Labute approximate surface area is 142 Å². The lowest BCUT2D eigenvalue weighted by molar-refractivity contribution is 0.260. The van der Waals surface area contributed by atoms with Gasteiger partial charge in [-0.15, -0.1) is 35.3 Å². The Morgan fingerprint density at radius 1 is 1.60 bits per heavy atom. The second-order valence-electron chi connectivity index (χ2n) is 4.98. The maximum absolute atomic E-state index is 5.78. The third-order valence-electron chi connectivity index (χ3n) is 3.14. The first-order valence-corrected chi connectivity index (χ1v) is 7.49. The van der Waals surface area contributed by atoms with Crippen LogP contribution in [0, 0.1) is 0 Å². The Hall–Kier alpha value is -0.600. The van der Waals surface area contributed by atoms with Crippen LogP contribution < -0.4 is 11.1 Å². The van der Waals surface area contributed by atoms with Crippen LogP contribution in [0.15, 0.2) is 28.6 Å². The minimum atomic E-state index is 0. The number of guanidine groups is 1. The molecule has 0 fully saturated rings. The summed E-state index contributed by atoms with van der Waals surface area (Å²) in [4.78, 5) is 8.20. The van der Waals surface area contributed by atoms with Gasteiger partial charge in [0.05, 0.1) is 6.54 Å². The van der Waals surface area contributed by atoms with Crippen LogP contribution in [-0.4, -0.2) is 37.0 Å². The number of nitrogens with one attached hydrogen (secondary N) is 1. The van der Waals surface area contributed by atoms with Crippen LogP contribution in [0.2, 0.25) is 0 Å².